The number of hydrogen-bond acceptors (Lipinski definition) is 21. The first-order chi connectivity index (χ1) is 57.9. The van der Waals surface area contributed by atoms with E-state index in [0.717, 1.165) is 83.6 Å². The molecule has 4 aromatic heterocycles. The van der Waals surface area contributed by atoms with Gasteiger partial charge in [-0.25, -0.2) is 9.18 Å². The number of ether oxygens (including phenoxy) is 8. The average Bonchev–Trinajstić information content (AvgIpc) is 1.59. The first kappa shape index (κ1) is 97.1. The van der Waals surface area contributed by atoms with Gasteiger partial charge in [0.1, 0.15) is 69.3 Å². The van der Waals surface area contributed by atoms with Crippen LogP contribution in [0.15, 0.2) is 121 Å². The van der Waals surface area contributed by atoms with Crippen LogP contribution < -0.4 is 0 Å². The van der Waals surface area contributed by atoms with Crippen LogP contribution >= 0.6 is 11.8 Å². The average molecular weight is 1680 g/mol. The van der Waals surface area contributed by atoms with E-state index in [2.05, 4.69) is 128 Å². The highest BCUT2D eigenvalue weighted by atomic mass is 32.2. The van der Waals surface area contributed by atoms with Gasteiger partial charge >= 0.3 is 23.9 Å². The molecule has 26 heteroatoms. The maximum absolute atomic E-state index is 12.5. The van der Waals surface area contributed by atoms with Crippen LogP contribution in [0.4, 0.5) is 4.39 Å². The Morgan fingerprint density at radius 3 is 0.828 bits per heavy atom. The van der Waals surface area contributed by atoms with Gasteiger partial charge in [-0.2, -0.15) is 53.2 Å². The molecule has 2 aliphatic carbocycles. The molecule has 24 nitrogen and oxygen atoms in total. The SMILES string of the molecule is CCn1nc(C)cc1/C(OCOC(=O)C1CC1)=C(\C#N)c1ccc(C(C)(C)C)cc1.CCn1nc(C)cc1/C(OCOC(=O)C1CCCCC1)=C(\C#N)c1ccc(C(C)(C)C)cc1.CCn1nc(C)cc1/C(OCOC(=O)CF)=C(\C#N)c1ccc(C(C)(C)C)cc1.CCn1nc(C)cc1/C(OCOC(=O)CSC)=C(\C#N)c1ccc(C(C)(C)C)cc1. The summed E-state index contributed by atoms with van der Waals surface area (Å²) in [4.78, 5) is 47.2. The Morgan fingerprint density at radius 2 is 0.615 bits per heavy atom. The molecule has 0 atom stereocenters. The van der Waals surface area contributed by atoms with Crippen molar-refractivity contribution in [3.05, 3.63) is 211 Å². The number of carbonyl (C=O) groups is 4. The topological polar surface area (TPSA) is 309 Å². The van der Waals surface area contributed by atoms with Gasteiger partial charge in [0.15, 0.2) is 29.7 Å². The van der Waals surface area contributed by atoms with Crippen LogP contribution in [0.3, 0.4) is 0 Å². The van der Waals surface area contributed by atoms with Crippen LogP contribution in [0.5, 0.6) is 0 Å². The summed E-state index contributed by atoms with van der Waals surface area (Å²) in [7, 11) is 0. The molecule has 0 radical (unpaired) electrons. The highest BCUT2D eigenvalue weighted by molar-refractivity contribution is 7.99. The number of aromatic nitrogens is 8. The minimum absolute atomic E-state index is 0.00942. The van der Waals surface area contributed by atoms with Crippen LogP contribution in [0.25, 0.3) is 45.3 Å². The van der Waals surface area contributed by atoms with Crippen LogP contribution in [0.2, 0.25) is 0 Å². The molecule has 0 N–H and O–H groups in total. The Morgan fingerprint density at radius 1 is 0.377 bits per heavy atom. The number of nitriles is 4. The summed E-state index contributed by atoms with van der Waals surface area (Å²) in [6, 6.07) is 47.9. The fraction of sp³-hybridized carbons (Fsp3) is 0.458. The smallest absolute Gasteiger partial charge is 0.340 e. The minimum atomic E-state index is -1.24. The number of esters is 4. The summed E-state index contributed by atoms with van der Waals surface area (Å²) >= 11 is 1.38. The van der Waals surface area contributed by atoms with Crippen molar-refractivity contribution in [3.8, 4) is 24.3 Å². The fourth-order valence-electron chi connectivity index (χ4n) is 13.2. The molecule has 648 valence electrons. The van der Waals surface area contributed by atoms with Gasteiger partial charge in [-0.05, 0) is 178 Å². The lowest BCUT2D eigenvalue weighted by Crippen LogP contribution is -2.21. The maximum atomic E-state index is 12.5. The third-order valence-electron chi connectivity index (χ3n) is 20.1. The van der Waals surface area contributed by atoms with Crippen molar-refractivity contribution in [1.82, 2.24) is 39.1 Å². The quantitative estimate of drug-likeness (QED) is 0.0138. The lowest BCUT2D eigenvalue weighted by atomic mass is 9.86. The number of rotatable bonds is 29. The summed E-state index contributed by atoms with van der Waals surface area (Å²) < 4.78 is 63.4. The van der Waals surface area contributed by atoms with E-state index in [0.29, 0.717) is 88.5 Å². The number of benzene rings is 4. The van der Waals surface area contributed by atoms with E-state index in [-0.39, 0.29) is 88.9 Å². The van der Waals surface area contributed by atoms with Crippen molar-refractivity contribution in [2.75, 3.05) is 45.9 Å². The van der Waals surface area contributed by atoms with Crippen molar-refractivity contribution in [2.45, 2.75) is 231 Å². The standard InChI is InChI=1S/C27H35N3O3.C24H29N3O3.C23H29N3O3S.C22H26FN3O3/c1-6-30-24(16-19(2)29-30)25(32-18-33-26(31)21-10-8-7-9-11-21)23(17-28)20-12-14-22(15-13-20)27(3,4)5;1-6-27-21(13-16(2)26-27)22(29-15-30-23(28)18-7-8-18)20(14-25)17-9-11-19(12-10-17)24(3,4)5;1-7-26-20(12-16(2)25-26)22(29-15-28-21(27)14-30-6)19(13-24)17-8-10-18(11-9-17)23(3,4)5;1-6-26-19(11-15(2)25-26)21(29-14-28-20(27)12-23)18(13-24)16-7-9-17(10-8-16)22(3,4)5/h12-16,21H,6-11,18H2,1-5H3;9-13,18H,6-8,15H2,1-5H3;8-12H,7,14-15H2,1-6H3;7-11H,6,12,14H2,1-5H3/b25-23-;22-20-;22-19-;21-18-. The molecule has 0 saturated heterocycles. The van der Waals surface area contributed by atoms with Crippen molar-refractivity contribution in [1.29, 1.82) is 21.0 Å². The second-order valence-electron chi connectivity index (χ2n) is 33.7. The van der Waals surface area contributed by atoms with E-state index in [1.807, 2.05) is 177 Å². The number of carbonyl (C=O) groups excluding carboxylic acids is 4. The predicted octanol–water partition coefficient (Wildman–Crippen LogP) is 20.0. The second-order valence-corrected chi connectivity index (χ2v) is 34.6. The molecule has 0 amide bonds. The van der Waals surface area contributed by atoms with Gasteiger partial charge in [0.05, 0.1) is 40.4 Å². The van der Waals surface area contributed by atoms with E-state index >= 15 is 0 Å². The third kappa shape index (κ3) is 27.5. The Hall–Kier alpha value is -12.0. The first-order valence-corrected chi connectivity index (χ1v) is 42.7. The zero-order chi connectivity index (χ0) is 89.8. The number of thioether (sulfide) groups is 1. The fourth-order valence-corrected chi connectivity index (χ4v) is 13.5. The van der Waals surface area contributed by atoms with E-state index in [9.17, 15) is 44.6 Å². The van der Waals surface area contributed by atoms with Crippen LogP contribution in [-0.4, -0.2) is 109 Å². The van der Waals surface area contributed by atoms with Crippen molar-refractivity contribution in [2.24, 2.45) is 11.8 Å². The van der Waals surface area contributed by atoms with Crippen LogP contribution in [0.1, 0.15) is 246 Å². The molecular formula is C96H119FN12O12S. The Balaban J connectivity index is 0.000000224. The van der Waals surface area contributed by atoms with Crippen molar-refractivity contribution < 1.29 is 61.5 Å². The van der Waals surface area contributed by atoms with E-state index in [1.165, 1.54) is 34.9 Å². The summed E-state index contributed by atoms with van der Waals surface area (Å²) in [6.07, 6.45) is 8.59. The summed E-state index contributed by atoms with van der Waals surface area (Å²) in [5.41, 5.74) is 14.8. The second kappa shape index (κ2) is 45.0. The van der Waals surface area contributed by atoms with E-state index in [4.69, 9.17) is 37.9 Å². The summed E-state index contributed by atoms with van der Waals surface area (Å²) in [5.74, 6) is -0.369. The van der Waals surface area contributed by atoms with Gasteiger partial charge in [-0.1, -0.05) is 199 Å². The number of aryl methyl sites for hydroxylation is 8. The van der Waals surface area contributed by atoms with Gasteiger partial charge < -0.3 is 37.9 Å². The van der Waals surface area contributed by atoms with E-state index in [1.54, 1.807) is 24.8 Å². The van der Waals surface area contributed by atoms with Gasteiger partial charge in [0.2, 0.25) is 27.2 Å². The largest absolute Gasteiger partial charge is 0.454 e. The first-order valence-electron chi connectivity index (χ1n) is 41.3. The molecule has 2 fully saturated rings. The molecular weight excluding hydrogens is 1560 g/mol. The molecule has 0 bridgehead atoms. The van der Waals surface area contributed by atoms with Gasteiger partial charge in [0, 0.05) is 26.2 Å². The minimum Gasteiger partial charge on any atom is -0.454 e. The molecule has 2 aliphatic rings. The van der Waals surface area contributed by atoms with Gasteiger partial charge in [-0.15, -0.1) is 0 Å². The third-order valence-corrected chi connectivity index (χ3v) is 20.7. The molecule has 4 heterocycles. The summed E-state index contributed by atoms with van der Waals surface area (Å²) in [5, 5.41) is 57.8. The summed E-state index contributed by atoms with van der Waals surface area (Å²) in [6.45, 7) is 41.0. The van der Waals surface area contributed by atoms with Gasteiger partial charge in [0.25, 0.3) is 0 Å². The predicted molar refractivity (Wildman–Crippen MR) is 473 cm³/mol. The van der Waals surface area contributed by atoms with Crippen LogP contribution in [0, 0.1) is 84.9 Å². The zero-order valence-electron chi connectivity index (χ0n) is 74.8. The molecule has 0 spiro atoms. The Bertz CT molecular complexity index is 5190. The highest BCUT2D eigenvalue weighted by Gasteiger charge is 2.33. The number of allylic oxidation sites excluding steroid dienone is 4. The number of halogens is 1. The Kier molecular flexibility index (Phi) is 35.9. The lowest BCUT2D eigenvalue weighted by molar-refractivity contribution is -0.158. The van der Waals surface area contributed by atoms with Crippen molar-refractivity contribution >= 4 is 81.0 Å². The molecule has 8 aromatic rings. The highest BCUT2D eigenvalue weighted by Crippen LogP contribution is 2.37. The van der Waals surface area contributed by atoms with Crippen molar-refractivity contribution in [3.63, 3.8) is 0 Å². The zero-order valence-corrected chi connectivity index (χ0v) is 75.6. The number of alkyl halides is 1. The molecule has 10 rings (SSSR count). The van der Waals surface area contributed by atoms with Gasteiger partial charge in [-0.3, -0.25) is 33.1 Å². The molecule has 2 saturated carbocycles. The normalized spacial score (nSPS) is 13.7. The number of hydrogen-bond donors (Lipinski definition) is 0. The van der Waals surface area contributed by atoms with Crippen LogP contribution in [-0.2, 0) is 105 Å². The van der Waals surface area contributed by atoms with E-state index < -0.39 is 19.4 Å². The monoisotopic (exact) mass is 1680 g/mol. The maximum Gasteiger partial charge on any atom is 0.340 e. The molecule has 0 aliphatic heterocycles. The lowest BCUT2D eigenvalue weighted by Gasteiger charge is -2.21. The number of nitrogens with zero attached hydrogens (tertiary/aromatic N) is 12. The molecule has 4 aromatic carbocycles. The molecule has 122 heavy (non-hydrogen) atoms. The molecule has 0 unspecified atom stereocenters. The Labute approximate surface area is 723 Å².